The number of ketones is 1. The van der Waals surface area contributed by atoms with Crippen molar-refractivity contribution in [2.45, 2.75) is 26.2 Å². The van der Waals surface area contributed by atoms with E-state index in [9.17, 15) is 9.90 Å². The first-order valence-corrected chi connectivity index (χ1v) is 10.2. The Kier molecular flexibility index (Phi) is 5.24. The van der Waals surface area contributed by atoms with E-state index in [0.717, 1.165) is 23.1 Å². The maximum atomic E-state index is 11.8. The average Bonchev–Trinajstić information content (AvgIpc) is 3.06. The molecule has 1 aliphatic heterocycles. The molecule has 4 rings (SSSR count). The molecule has 7 heteroatoms. The number of nitrogens with one attached hydrogen (secondary N) is 1. The number of hydrogen-bond donors (Lipinski definition) is 2. The van der Waals surface area contributed by atoms with Crippen LogP contribution >= 0.6 is 0 Å². The van der Waals surface area contributed by atoms with Crippen molar-refractivity contribution < 1.29 is 14.4 Å². The number of anilines is 1. The highest BCUT2D eigenvalue weighted by molar-refractivity contribution is 6.21. The SMILES string of the molecule is CC1=C(O)C(=Nc2c(NCC[N+]3(C)CCCCC3)nn3ccccc23)C=CC1=O. The third-order valence-electron chi connectivity index (χ3n) is 5.95. The van der Waals surface area contributed by atoms with Gasteiger partial charge in [-0.15, -0.1) is 5.10 Å². The third kappa shape index (κ3) is 3.96. The first-order chi connectivity index (χ1) is 14.0. The van der Waals surface area contributed by atoms with E-state index >= 15 is 0 Å². The number of quaternary nitrogens is 1. The van der Waals surface area contributed by atoms with E-state index in [0.29, 0.717) is 22.8 Å². The summed E-state index contributed by atoms with van der Waals surface area (Å²) in [7, 11) is 2.32. The highest BCUT2D eigenvalue weighted by atomic mass is 16.3. The van der Waals surface area contributed by atoms with E-state index in [4.69, 9.17) is 0 Å². The molecular formula is C22H28N5O2+. The van der Waals surface area contributed by atoms with Crippen LogP contribution in [0.3, 0.4) is 0 Å². The number of rotatable bonds is 5. The number of hydrogen-bond acceptors (Lipinski definition) is 5. The zero-order valence-corrected chi connectivity index (χ0v) is 17.1. The van der Waals surface area contributed by atoms with E-state index in [1.807, 2.05) is 24.4 Å². The molecule has 1 saturated heterocycles. The first kappa shape index (κ1) is 19.4. The average molecular weight is 394 g/mol. The summed E-state index contributed by atoms with van der Waals surface area (Å²) in [6, 6.07) is 5.80. The number of carbonyl (C=O) groups excluding carboxylic acids is 1. The molecule has 0 atom stereocenters. The van der Waals surface area contributed by atoms with Crippen LogP contribution in [0.25, 0.3) is 5.52 Å². The van der Waals surface area contributed by atoms with Gasteiger partial charge < -0.3 is 14.9 Å². The molecule has 2 N–H and O–H groups in total. The molecule has 152 valence electrons. The number of piperidine rings is 1. The van der Waals surface area contributed by atoms with Gasteiger partial charge in [-0.1, -0.05) is 6.07 Å². The lowest BCUT2D eigenvalue weighted by Gasteiger charge is -2.37. The van der Waals surface area contributed by atoms with E-state index in [1.54, 1.807) is 17.5 Å². The summed E-state index contributed by atoms with van der Waals surface area (Å²) in [4.78, 5) is 16.4. The van der Waals surface area contributed by atoms with Crippen LogP contribution in [0.15, 0.2) is 52.9 Å². The van der Waals surface area contributed by atoms with Gasteiger partial charge in [0, 0.05) is 11.8 Å². The predicted octanol–water partition coefficient (Wildman–Crippen LogP) is 3.42. The molecule has 0 aromatic carbocycles. The molecule has 0 amide bonds. The quantitative estimate of drug-likeness (QED) is 0.602. The second kappa shape index (κ2) is 7.83. The largest absolute Gasteiger partial charge is 0.505 e. The number of likely N-dealkylation sites (tertiary alicyclic amines) is 1. The molecule has 0 bridgehead atoms. The smallest absolute Gasteiger partial charge is 0.185 e. The van der Waals surface area contributed by atoms with Crippen molar-refractivity contribution in [1.82, 2.24) is 9.61 Å². The van der Waals surface area contributed by atoms with Crippen molar-refractivity contribution >= 4 is 28.5 Å². The molecule has 1 aliphatic carbocycles. The molecule has 0 spiro atoms. The Labute approximate surface area is 170 Å². The lowest BCUT2D eigenvalue weighted by atomic mass is 10.0. The maximum absolute atomic E-state index is 11.8. The number of pyridine rings is 1. The Bertz CT molecular complexity index is 1020. The van der Waals surface area contributed by atoms with Crippen LogP contribution in [0.4, 0.5) is 11.5 Å². The molecule has 1 fully saturated rings. The first-order valence-electron chi connectivity index (χ1n) is 10.2. The van der Waals surface area contributed by atoms with Crippen LogP contribution in [0.5, 0.6) is 0 Å². The summed E-state index contributed by atoms with van der Waals surface area (Å²) in [5, 5.41) is 18.5. The fourth-order valence-electron chi connectivity index (χ4n) is 4.04. The molecule has 0 saturated carbocycles. The standard InChI is InChI=1S/C22H27N5O2/c1-16-19(28)10-9-17(21(16)29)24-20-18-8-4-5-12-26(18)25-22(20)23-11-15-27(2)13-6-3-7-14-27/h4-5,8-10,12H,3,6-7,11,13-15H2,1-2H3,(H-,23,25,28,29)/p+1. The van der Waals surface area contributed by atoms with Gasteiger partial charge in [-0.25, -0.2) is 9.51 Å². The molecule has 7 nitrogen and oxygen atoms in total. The van der Waals surface area contributed by atoms with Gasteiger partial charge in [0.2, 0.25) is 0 Å². The summed E-state index contributed by atoms with van der Waals surface area (Å²) in [6.07, 6.45) is 8.79. The normalized spacial score (nSPS) is 20.6. The number of likely N-dealkylation sites (N-methyl/N-ethyl adjacent to an activating group) is 1. The van der Waals surface area contributed by atoms with Crippen LogP contribution in [0.1, 0.15) is 26.2 Å². The maximum Gasteiger partial charge on any atom is 0.185 e. The summed E-state index contributed by atoms with van der Waals surface area (Å²) >= 11 is 0. The highest BCUT2D eigenvalue weighted by Gasteiger charge is 2.25. The van der Waals surface area contributed by atoms with Crippen molar-refractivity contribution in [2.24, 2.45) is 4.99 Å². The minimum absolute atomic E-state index is 0.0786. The number of aliphatic hydroxyl groups excluding tert-OH is 1. The summed E-state index contributed by atoms with van der Waals surface area (Å²) in [5.41, 5.74) is 2.19. The van der Waals surface area contributed by atoms with Crippen molar-refractivity contribution in [1.29, 1.82) is 0 Å². The van der Waals surface area contributed by atoms with Crippen LogP contribution in [0, 0.1) is 0 Å². The number of allylic oxidation sites excluding steroid dienone is 3. The monoisotopic (exact) mass is 394 g/mol. The molecule has 2 aromatic heterocycles. The van der Waals surface area contributed by atoms with Crippen LogP contribution in [-0.4, -0.2) is 63.9 Å². The van der Waals surface area contributed by atoms with Gasteiger partial charge in [-0.05, 0) is 50.5 Å². The topological polar surface area (TPSA) is 79.0 Å². The lowest BCUT2D eigenvalue weighted by Crippen LogP contribution is -2.50. The van der Waals surface area contributed by atoms with Gasteiger partial charge in [0.25, 0.3) is 0 Å². The van der Waals surface area contributed by atoms with Crippen molar-refractivity contribution in [3.05, 3.63) is 47.9 Å². The fraction of sp³-hybridized carbons (Fsp3) is 0.409. The van der Waals surface area contributed by atoms with Gasteiger partial charge in [-0.3, -0.25) is 4.79 Å². The number of carbonyl (C=O) groups is 1. The van der Waals surface area contributed by atoms with Crippen LogP contribution < -0.4 is 5.32 Å². The Morgan fingerprint density at radius 3 is 2.83 bits per heavy atom. The van der Waals surface area contributed by atoms with Gasteiger partial charge in [0.1, 0.15) is 17.2 Å². The van der Waals surface area contributed by atoms with Crippen molar-refractivity contribution in [3.63, 3.8) is 0 Å². The summed E-state index contributed by atoms with van der Waals surface area (Å²) in [6.45, 7) is 5.88. The van der Waals surface area contributed by atoms with Crippen LogP contribution in [-0.2, 0) is 4.79 Å². The Morgan fingerprint density at radius 1 is 1.24 bits per heavy atom. The van der Waals surface area contributed by atoms with Gasteiger partial charge >= 0.3 is 0 Å². The fourth-order valence-corrected chi connectivity index (χ4v) is 4.04. The minimum Gasteiger partial charge on any atom is -0.505 e. The third-order valence-corrected chi connectivity index (χ3v) is 5.95. The van der Waals surface area contributed by atoms with Gasteiger partial charge in [0.15, 0.2) is 11.6 Å². The van der Waals surface area contributed by atoms with Gasteiger partial charge in [0.05, 0.1) is 38.7 Å². The number of nitrogens with zero attached hydrogens (tertiary/aromatic N) is 4. The van der Waals surface area contributed by atoms with E-state index in [-0.39, 0.29) is 11.5 Å². The number of aromatic nitrogens is 2. The number of aliphatic imine (C=N–C) groups is 1. The summed E-state index contributed by atoms with van der Waals surface area (Å²) < 4.78 is 2.86. The second-order valence-electron chi connectivity index (χ2n) is 8.17. The van der Waals surface area contributed by atoms with Crippen molar-refractivity contribution in [3.8, 4) is 0 Å². The van der Waals surface area contributed by atoms with Crippen LogP contribution in [0.2, 0.25) is 0 Å². The lowest BCUT2D eigenvalue weighted by molar-refractivity contribution is -0.912. The van der Waals surface area contributed by atoms with Crippen molar-refractivity contribution in [2.75, 3.05) is 38.5 Å². The second-order valence-corrected chi connectivity index (χ2v) is 8.17. The molecular weight excluding hydrogens is 366 g/mol. The Balaban J connectivity index is 1.62. The molecule has 3 heterocycles. The Hall–Kier alpha value is -2.93. The Morgan fingerprint density at radius 2 is 2.03 bits per heavy atom. The molecule has 2 aromatic rings. The van der Waals surface area contributed by atoms with E-state index in [2.05, 4.69) is 22.5 Å². The van der Waals surface area contributed by atoms with Gasteiger partial charge in [-0.2, -0.15) is 0 Å². The summed E-state index contributed by atoms with van der Waals surface area (Å²) in [5.74, 6) is 0.409. The highest BCUT2D eigenvalue weighted by Crippen LogP contribution is 2.31. The number of fused-ring (bicyclic) bond motifs is 1. The minimum atomic E-state index is -0.196. The van der Waals surface area contributed by atoms with E-state index < -0.39 is 0 Å². The molecule has 0 radical (unpaired) electrons. The molecule has 29 heavy (non-hydrogen) atoms. The zero-order valence-electron chi connectivity index (χ0n) is 17.1. The molecule has 2 aliphatic rings. The van der Waals surface area contributed by atoms with E-state index in [1.165, 1.54) is 38.4 Å². The molecule has 0 unspecified atom stereocenters. The zero-order chi connectivity index (χ0) is 20.4. The predicted molar refractivity (Wildman–Crippen MR) is 115 cm³/mol. The number of aliphatic hydroxyl groups is 1.